The number of carboxylic acids is 1. The quantitative estimate of drug-likeness (QED) is 0.379. The van der Waals surface area contributed by atoms with Gasteiger partial charge in [-0.2, -0.15) is 5.10 Å². The van der Waals surface area contributed by atoms with E-state index in [4.69, 9.17) is 0 Å². The third-order valence-electron chi connectivity index (χ3n) is 7.02. The summed E-state index contributed by atoms with van der Waals surface area (Å²) in [5.74, 6) is -0.229. The van der Waals surface area contributed by atoms with E-state index >= 15 is 0 Å². The van der Waals surface area contributed by atoms with Crippen molar-refractivity contribution in [2.45, 2.75) is 46.5 Å². The number of rotatable bonds is 7. The maximum atomic E-state index is 13.6. The standard InChI is InChI=1S/C28H32N6O3/c1-18(2)16-32(27(35)21-7-5-19(3)6-8-21)26-23(28(36)37)17-34(31-26)22-11-9-20(10-12-22)24-15-25-29-13-4-14-33(25)30-24/h4,9-15,17-19,21H,5-8,16H2,1-3H3,(H,36,37). The summed E-state index contributed by atoms with van der Waals surface area (Å²) in [6.07, 6.45) is 8.75. The van der Waals surface area contributed by atoms with Gasteiger partial charge in [-0.15, -0.1) is 5.10 Å². The molecule has 1 amide bonds. The minimum Gasteiger partial charge on any atom is -0.477 e. The normalized spacial score (nSPS) is 17.8. The molecule has 0 saturated heterocycles. The minimum atomic E-state index is -1.10. The number of aromatic carboxylic acids is 1. The van der Waals surface area contributed by atoms with Crippen LogP contribution in [0.5, 0.6) is 0 Å². The van der Waals surface area contributed by atoms with Gasteiger partial charge < -0.3 is 5.11 Å². The summed E-state index contributed by atoms with van der Waals surface area (Å²) in [6.45, 7) is 6.68. The molecule has 1 aromatic carbocycles. The summed E-state index contributed by atoms with van der Waals surface area (Å²) in [4.78, 5) is 31.7. The van der Waals surface area contributed by atoms with Gasteiger partial charge in [0, 0.05) is 42.7 Å². The van der Waals surface area contributed by atoms with E-state index in [1.165, 1.54) is 10.9 Å². The van der Waals surface area contributed by atoms with Crippen LogP contribution in [0.3, 0.4) is 0 Å². The van der Waals surface area contributed by atoms with Crippen molar-refractivity contribution in [1.29, 1.82) is 0 Å². The Labute approximate surface area is 215 Å². The van der Waals surface area contributed by atoms with Crippen LogP contribution in [-0.2, 0) is 4.79 Å². The lowest BCUT2D eigenvalue weighted by Gasteiger charge is -2.31. The van der Waals surface area contributed by atoms with Crippen LogP contribution in [-0.4, -0.2) is 47.9 Å². The molecule has 0 unspecified atom stereocenters. The molecule has 1 N–H and O–H groups in total. The number of hydrogen-bond acceptors (Lipinski definition) is 5. The molecule has 1 aliphatic rings. The van der Waals surface area contributed by atoms with Gasteiger partial charge >= 0.3 is 5.97 Å². The summed E-state index contributed by atoms with van der Waals surface area (Å²) in [6, 6.07) is 11.3. The van der Waals surface area contributed by atoms with E-state index in [1.54, 1.807) is 15.6 Å². The number of amides is 1. The molecule has 4 aromatic rings. The Morgan fingerprint density at radius 3 is 2.49 bits per heavy atom. The molecular formula is C28H32N6O3. The van der Waals surface area contributed by atoms with Crippen molar-refractivity contribution in [2.75, 3.05) is 11.4 Å². The second-order valence-electron chi connectivity index (χ2n) is 10.4. The van der Waals surface area contributed by atoms with Crippen LogP contribution in [0.4, 0.5) is 5.82 Å². The SMILES string of the molecule is CC(C)CN(C(=O)C1CCC(C)CC1)c1nn(-c2ccc(-c3cc4ncccn4n3)cc2)cc1C(=O)O. The van der Waals surface area contributed by atoms with E-state index in [0.29, 0.717) is 18.2 Å². The molecule has 5 rings (SSSR count). The first-order valence-electron chi connectivity index (χ1n) is 12.9. The van der Waals surface area contributed by atoms with Gasteiger partial charge in [0.2, 0.25) is 5.91 Å². The maximum absolute atomic E-state index is 13.6. The van der Waals surface area contributed by atoms with Gasteiger partial charge in [0.25, 0.3) is 0 Å². The third kappa shape index (κ3) is 5.12. The van der Waals surface area contributed by atoms with Gasteiger partial charge in [0.1, 0.15) is 5.56 Å². The van der Waals surface area contributed by atoms with Crippen LogP contribution in [0.15, 0.2) is 55.0 Å². The molecule has 9 heteroatoms. The number of nitrogens with zero attached hydrogens (tertiary/aromatic N) is 6. The first-order valence-corrected chi connectivity index (χ1v) is 12.9. The maximum Gasteiger partial charge on any atom is 0.341 e. The Morgan fingerprint density at radius 2 is 1.84 bits per heavy atom. The zero-order chi connectivity index (χ0) is 26.1. The zero-order valence-electron chi connectivity index (χ0n) is 21.4. The summed E-state index contributed by atoms with van der Waals surface area (Å²) in [7, 11) is 0. The van der Waals surface area contributed by atoms with Gasteiger partial charge in [-0.3, -0.25) is 9.69 Å². The number of anilines is 1. The van der Waals surface area contributed by atoms with Crippen LogP contribution in [0.2, 0.25) is 0 Å². The smallest absolute Gasteiger partial charge is 0.341 e. The predicted octanol–water partition coefficient (Wildman–Crippen LogP) is 5.10. The molecule has 3 heterocycles. The summed E-state index contributed by atoms with van der Waals surface area (Å²) in [5.41, 5.74) is 3.17. The van der Waals surface area contributed by atoms with Crippen molar-refractivity contribution in [3.8, 4) is 16.9 Å². The molecule has 0 bridgehead atoms. The summed E-state index contributed by atoms with van der Waals surface area (Å²) < 4.78 is 3.26. The van der Waals surface area contributed by atoms with Crippen molar-refractivity contribution >= 4 is 23.3 Å². The molecule has 1 aliphatic carbocycles. The lowest BCUT2D eigenvalue weighted by molar-refractivity contribution is -0.123. The van der Waals surface area contributed by atoms with Crippen molar-refractivity contribution in [3.63, 3.8) is 0 Å². The van der Waals surface area contributed by atoms with Crippen LogP contribution in [0, 0.1) is 17.8 Å². The highest BCUT2D eigenvalue weighted by atomic mass is 16.4. The van der Waals surface area contributed by atoms with Crippen molar-refractivity contribution in [1.82, 2.24) is 24.4 Å². The first-order chi connectivity index (χ1) is 17.8. The van der Waals surface area contributed by atoms with Crippen LogP contribution in [0.25, 0.3) is 22.6 Å². The summed E-state index contributed by atoms with van der Waals surface area (Å²) >= 11 is 0. The van der Waals surface area contributed by atoms with Crippen molar-refractivity contribution in [3.05, 3.63) is 60.6 Å². The molecule has 0 atom stereocenters. The lowest BCUT2D eigenvalue weighted by Crippen LogP contribution is -2.41. The van der Waals surface area contributed by atoms with Crippen LogP contribution in [0.1, 0.15) is 56.8 Å². The van der Waals surface area contributed by atoms with E-state index in [9.17, 15) is 14.7 Å². The fourth-order valence-electron chi connectivity index (χ4n) is 4.98. The fraction of sp³-hybridized carbons (Fsp3) is 0.393. The van der Waals surface area contributed by atoms with E-state index in [1.807, 2.05) is 56.4 Å². The molecule has 3 aromatic heterocycles. The molecule has 37 heavy (non-hydrogen) atoms. The first kappa shape index (κ1) is 24.7. The van der Waals surface area contributed by atoms with Gasteiger partial charge in [0.15, 0.2) is 11.5 Å². The zero-order valence-corrected chi connectivity index (χ0v) is 21.4. The number of fused-ring (bicyclic) bond motifs is 1. The molecule has 1 fully saturated rings. The van der Waals surface area contributed by atoms with Gasteiger partial charge in [-0.05, 0) is 55.7 Å². The lowest BCUT2D eigenvalue weighted by atomic mass is 9.82. The molecule has 1 saturated carbocycles. The van der Waals surface area contributed by atoms with Gasteiger partial charge in [-0.1, -0.05) is 32.9 Å². The highest BCUT2D eigenvalue weighted by Gasteiger charge is 2.33. The highest BCUT2D eigenvalue weighted by molar-refractivity contribution is 6.01. The summed E-state index contributed by atoms with van der Waals surface area (Å²) in [5, 5.41) is 19.2. The Hall–Kier alpha value is -4.01. The fourth-order valence-corrected chi connectivity index (χ4v) is 4.98. The van der Waals surface area contributed by atoms with E-state index in [-0.39, 0.29) is 29.1 Å². The molecule has 0 aliphatic heterocycles. The van der Waals surface area contributed by atoms with Crippen LogP contribution < -0.4 is 4.90 Å². The monoisotopic (exact) mass is 500 g/mol. The van der Waals surface area contributed by atoms with Gasteiger partial charge in [-0.25, -0.2) is 19.0 Å². The highest BCUT2D eigenvalue weighted by Crippen LogP contribution is 2.32. The Morgan fingerprint density at radius 1 is 1.11 bits per heavy atom. The number of carbonyl (C=O) groups excluding carboxylic acids is 1. The van der Waals surface area contributed by atoms with E-state index in [0.717, 1.165) is 42.6 Å². The number of aromatic nitrogens is 5. The molecule has 9 nitrogen and oxygen atoms in total. The number of carbonyl (C=O) groups is 2. The third-order valence-corrected chi connectivity index (χ3v) is 7.02. The Bertz CT molecular complexity index is 1380. The predicted molar refractivity (Wildman–Crippen MR) is 141 cm³/mol. The number of carboxylic acid groups (broad SMARTS) is 1. The average molecular weight is 501 g/mol. The largest absolute Gasteiger partial charge is 0.477 e. The van der Waals surface area contributed by atoms with Crippen LogP contribution >= 0.6 is 0 Å². The second-order valence-corrected chi connectivity index (χ2v) is 10.4. The van der Waals surface area contributed by atoms with Crippen molar-refractivity contribution in [2.24, 2.45) is 17.8 Å². The average Bonchev–Trinajstić information content (AvgIpc) is 3.52. The van der Waals surface area contributed by atoms with E-state index < -0.39 is 5.97 Å². The molecular weight excluding hydrogens is 468 g/mol. The molecule has 0 spiro atoms. The Kier molecular flexibility index (Phi) is 6.78. The van der Waals surface area contributed by atoms with Gasteiger partial charge in [0.05, 0.1) is 11.4 Å². The van der Waals surface area contributed by atoms with E-state index in [2.05, 4.69) is 22.1 Å². The number of hydrogen-bond donors (Lipinski definition) is 1. The Balaban J connectivity index is 1.46. The number of benzene rings is 1. The molecule has 0 radical (unpaired) electrons. The second kappa shape index (κ2) is 10.2. The topological polar surface area (TPSA) is 106 Å². The van der Waals surface area contributed by atoms with Crippen molar-refractivity contribution < 1.29 is 14.7 Å². The molecule has 192 valence electrons. The minimum absolute atomic E-state index is 0.0219.